The summed E-state index contributed by atoms with van der Waals surface area (Å²) in [6.45, 7) is 5.40. The number of hydrogen-bond donors (Lipinski definition) is 1. The number of aromatic nitrogens is 3. The van der Waals surface area contributed by atoms with E-state index in [0.717, 1.165) is 42.7 Å². The van der Waals surface area contributed by atoms with Gasteiger partial charge in [0.15, 0.2) is 11.4 Å². The van der Waals surface area contributed by atoms with E-state index in [1.165, 1.54) is 12.3 Å². The molecular weight excluding hydrogens is 588 g/mol. The van der Waals surface area contributed by atoms with Gasteiger partial charge in [-0.15, -0.1) is 0 Å². The summed E-state index contributed by atoms with van der Waals surface area (Å²) < 4.78 is 11.0. The van der Waals surface area contributed by atoms with E-state index in [0.29, 0.717) is 29.6 Å². The van der Waals surface area contributed by atoms with Crippen molar-refractivity contribution in [2.45, 2.75) is 39.7 Å². The molecule has 0 aliphatic carbocycles. The fraction of sp³-hybridized carbons (Fsp3) is 0.324. The molecule has 4 aromatic rings. The van der Waals surface area contributed by atoms with Crippen molar-refractivity contribution in [2.75, 3.05) is 31.1 Å². The molecule has 0 radical (unpaired) electrons. The van der Waals surface area contributed by atoms with Gasteiger partial charge in [-0.1, -0.05) is 42.5 Å². The van der Waals surface area contributed by atoms with Crippen LogP contribution in [0.15, 0.2) is 72.9 Å². The first-order valence-corrected chi connectivity index (χ1v) is 15.2. The van der Waals surface area contributed by atoms with Crippen molar-refractivity contribution >= 4 is 23.3 Å². The highest BCUT2D eigenvalue weighted by Gasteiger charge is 2.25. The lowest BCUT2D eigenvalue weighted by molar-refractivity contribution is -0.385. The minimum atomic E-state index is -0.530. The number of nitrogens with one attached hydrogen (secondary N) is 1. The van der Waals surface area contributed by atoms with Gasteiger partial charge in [-0.05, 0) is 56.4 Å². The molecule has 12 heteroatoms. The summed E-state index contributed by atoms with van der Waals surface area (Å²) in [5.74, 6) is 0.120. The lowest BCUT2D eigenvalue weighted by Crippen LogP contribution is -2.35. The number of nitrogens with zero attached hydrogens (tertiary/aromatic N) is 5. The van der Waals surface area contributed by atoms with Crippen LogP contribution in [0.3, 0.4) is 0 Å². The van der Waals surface area contributed by atoms with E-state index in [1.807, 2.05) is 54.6 Å². The molecule has 0 spiro atoms. The van der Waals surface area contributed by atoms with Gasteiger partial charge >= 0.3 is 5.97 Å². The number of amides is 1. The SMILES string of the molecule is CCOC(=O)CNC(=O)c1nc(CC2CCN(c3ccc(-c4ccc([N+](=O)[O-])cn4)cc3)CC2)nc(C)c1OCc1ccccc1. The Morgan fingerprint density at radius 1 is 1.02 bits per heavy atom. The molecule has 3 heterocycles. The average molecular weight is 625 g/mol. The number of ether oxygens (including phenoxy) is 2. The second-order valence-electron chi connectivity index (χ2n) is 11.0. The normalized spacial score (nSPS) is 13.2. The zero-order valence-electron chi connectivity index (χ0n) is 25.8. The monoisotopic (exact) mass is 624 g/mol. The van der Waals surface area contributed by atoms with Gasteiger partial charge in [0.25, 0.3) is 11.6 Å². The highest BCUT2D eigenvalue weighted by Crippen LogP contribution is 2.29. The molecular formula is C34H36N6O6. The number of carbonyl (C=O) groups is 2. The third-order valence-corrected chi connectivity index (χ3v) is 7.79. The summed E-state index contributed by atoms with van der Waals surface area (Å²) in [5, 5.41) is 13.5. The Morgan fingerprint density at radius 3 is 2.41 bits per heavy atom. The molecule has 1 aliphatic rings. The zero-order chi connectivity index (χ0) is 32.5. The predicted octanol–water partition coefficient (Wildman–Crippen LogP) is 5.09. The van der Waals surface area contributed by atoms with Crippen LogP contribution in [0.1, 0.15) is 47.3 Å². The van der Waals surface area contributed by atoms with Gasteiger partial charge in [0.05, 0.1) is 22.9 Å². The molecule has 5 rings (SSSR count). The Morgan fingerprint density at radius 2 is 1.76 bits per heavy atom. The second-order valence-corrected chi connectivity index (χ2v) is 11.0. The van der Waals surface area contributed by atoms with Crippen LogP contribution >= 0.6 is 0 Å². The molecule has 238 valence electrons. The molecule has 1 N–H and O–H groups in total. The lowest BCUT2D eigenvalue weighted by Gasteiger charge is -2.33. The molecule has 2 aromatic carbocycles. The number of piperidine rings is 1. The van der Waals surface area contributed by atoms with E-state index in [-0.39, 0.29) is 36.9 Å². The Balaban J connectivity index is 1.23. The fourth-order valence-corrected chi connectivity index (χ4v) is 5.38. The van der Waals surface area contributed by atoms with Crippen molar-refractivity contribution in [2.24, 2.45) is 5.92 Å². The van der Waals surface area contributed by atoms with E-state index < -0.39 is 16.8 Å². The van der Waals surface area contributed by atoms with Gasteiger partial charge in [-0.25, -0.2) is 15.0 Å². The number of nitro groups is 1. The van der Waals surface area contributed by atoms with Gasteiger partial charge in [0.1, 0.15) is 25.2 Å². The third-order valence-electron chi connectivity index (χ3n) is 7.79. The maximum atomic E-state index is 13.2. The molecule has 46 heavy (non-hydrogen) atoms. The minimum absolute atomic E-state index is 0.0374. The Labute approximate surface area is 267 Å². The molecule has 0 unspecified atom stereocenters. The molecule has 0 atom stereocenters. The summed E-state index contributed by atoms with van der Waals surface area (Å²) in [5.41, 5.74) is 4.22. The molecule has 0 bridgehead atoms. The average Bonchev–Trinajstić information content (AvgIpc) is 3.07. The molecule has 1 saturated heterocycles. The van der Waals surface area contributed by atoms with Crippen molar-refractivity contribution < 1.29 is 24.0 Å². The van der Waals surface area contributed by atoms with Gasteiger partial charge in [-0.2, -0.15) is 0 Å². The zero-order valence-corrected chi connectivity index (χ0v) is 25.8. The molecule has 12 nitrogen and oxygen atoms in total. The predicted molar refractivity (Wildman–Crippen MR) is 171 cm³/mol. The molecule has 1 fully saturated rings. The number of anilines is 1. The van der Waals surface area contributed by atoms with Crippen LogP contribution in [0, 0.1) is 23.0 Å². The lowest BCUT2D eigenvalue weighted by atomic mass is 9.92. The number of aryl methyl sites for hydroxylation is 1. The maximum Gasteiger partial charge on any atom is 0.325 e. The number of benzene rings is 2. The number of carbonyl (C=O) groups excluding carboxylic acids is 2. The van der Waals surface area contributed by atoms with Crippen LogP contribution < -0.4 is 15.0 Å². The summed E-state index contributed by atoms with van der Waals surface area (Å²) in [6, 6.07) is 20.8. The van der Waals surface area contributed by atoms with Crippen molar-refractivity contribution in [1.82, 2.24) is 20.3 Å². The number of esters is 1. The first-order chi connectivity index (χ1) is 22.3. The highest BCUT2D eigenvalue weighted by atomic mass is 16.6. The largest absolute Gasteiger partial charge is 0.485 e. The molecule has 2 aromatic heterocycles. The quantitative estimate of drug-likeness (QED) is 0.128. The van der Waals surface area contributed by atoms with Crippen molar-refractivity contribution in [3.05, 3.63) is 106 Å². The number of pyridine rings is 1. The highest BCUT2D eigenvalue weighted by molar-refractivity contribution is 5.96. The summed E-state index contributed by atoms with van der Waals surface area (Å²) in [4.78, 5) is 51.4. The smallest absolute Gasteiger partial charge is 0.325 e. The Hall–Kier alpha value is -5.39. The van der Waals surface area contributed by atoms with E-state index in [2.05, 4.69) is 20.2 Å². The maximum absolute atomic E-state index is 13.2. The van der Waals surface area contributed by atoms with Gasteiger partial charge < -0.3 is 19.7 Å². The Kier molecular flexibility index (Phi) is 10.5. The molecule has 1 amide bonds. The fourth-order valence-electron chi connectivity index (χ4n) is 5.38. The van der Waals surface area contributed by atoms with Crippen LogP contribution in [-0.2, 0) is 22.6 Å². The topological polar surface area (TPSA) is 150 Å². The van der Waals surface area contributed by atoms with E-state index in [1.54, 1.807) is 19.9 Å². The van der Waals surface area contributed by atoms with E-state index >= 15 is 0 Å². The Bertz CT molecular complexity index is 1660. The third kappa shape index (κ3) is 8.20. The number of rotatable bonds is 12. The standard InChI is InChI=1S/C34H36N6O6/c1-3-45-31(41)21-36-34(42)32-33(46-22-25-7-5-4-6-8-25)23(2)37-30(38-32)19-24-15-17-39(18-16-24)27-11-9-26(10-12-27)29-14-13-28(20-35-29)40(43)44/h4-14,20,24H,3,15-19,21-22H2,1-2H3,(H,36,42). The van der Waals surface area contributed by atoms with Crippen molar-refractivity contribution in [3.63, 3.8) is 0 Å². The second kappa shape index (κ2) is 15.1. The summed E-state index contributed by atoms with van der Waals surface area (Å²) >= 11 is 0. The number of hydrogen-bond acceptors (Lipinski definition) is 10. The van der Waals surface area contributed by atoms with Crippen LogP contribution in [-0.4, -0.2) is 58.0 Å². The van der Waals surface area contributed by atoms with E-state index in [4.69, 9.17) is 14.5 Å². The van der Waals surface area contributed by atoms with Crippen LogP contribution in [0.4, 0.5) is 11.4 Å². The van der Waals surface area contributed by atoms with Gasteiger partial charge in [0, 0.05) is 36.8 Å². The van der Waals surface area contributed by atoms with Crippen LogP contribution in [0.5, 0.6) is 5.75 Å². The van der Waals surface area contributed by atoms with Crippen molar-refractivity contribution in [3.8, 4) is 17.0 Å². The first kappa shape index (κ1) is 32.0. The minimum Gasteiger partial charge on any atom is -0.485 e. The van der Waals surface area contributed by atoms with Crippen LogP contribution in [0.2, 0.25) is 0 Å². The van der Waals surface area contributed by atoms with Crippen molar-refractivity contribution in [1.29, 1.82) is 0 Å². The van der Waals surface area contributed by atoms with Gasteiger partial charge in [-0.3, -0.25) is 19.7 Å². The van der Waals surface area contributed by atoms with E-state index in [9.17, 15) is 19.7 Å². The summed E-state index contributed by atoms with van der Waals surface area (Å²) in [7, 11) is 0. The van der Waals surface area contributed by atoms with Gasteiger partial charge in [0.2, 0.25) is 0 Å². The first-order valence-electron chi connectivity index (χ1n) is 15.2. The van der Waals surface area contributed by atoms with Crippen LogP contribution in [0.25, 0.3) is 11.3 Å². The molecule has 1 aliphatic heterocycles. The summed E-state index contributed by atoms with van der Waals surface area (Å²) in [6.07, 6.45) is 3.72. The molecule has 0 saturated carbocycles.